The Morgan fingerprint density at radius 2 is 1.75 bits per heavy atom. The van der Waals surface area contributed by atoms with Gasteiger partial charge < -0.3 is 10.4 Å². The van der Waals surface area contributed by atoms with Gasteiger partial charge in [0, 0.05) is 11.9 Å². The number of benzene rings is 1. The predicted molar refractivity (Wildman–Crippen MR) is 96.7 cm³/mol. The van der Waals surface area contributed by atoms with E-state index < -0.39 is 66.9 Å². The van der Waals surface area contributed by atoms with Crippen LogP contribution in [0.25, 0.3) is 0 Å². The van der Waals surface area contributed by atoms with E-state index in [1.807, 2.05) is 5.32 Å². The first-order valence-corrected chi connectivity index (χ1v) is 10.0. The van der Waals surface area contributed by atoms with Crippen molar-refractivity contribution >= 4 is 21.4 Å². The van der Waals surface area contributed by atoms with Gasteiger partial charge in [0.25, 0.3) is 5.91 Å². The number of hydrogen-bond acceptors (Lipinski definition) is 6. The van der Waals surface area contributed by atoms with Crippen LogP contribution in [0.5, 0.6) is 0 Å². The molecule has 0 bridgehead atoms. The minimum atomic E-state index is -4.92. The number of aliphatic hydroxyl groups is 1. The maximum Gasteiger partial charge on any atom is 0.417 e. The topological polar surface area (TPSA) is 120 Å². The van der Waals surface area contributed by atoms with E-state index in [0.717, 1.165) is 19.1 Å². The zero-order valence-corrected chi connectivity index (χ0v) is 16.7. The summed E-state index contributed by atoms with van der Waals surface area (Å²) in [6.45, 7) is 0.748. The number of anilines is 1. The molecule has 7 nitrogen and oxygen atoms in total. The normalized spacial score (nSPS) is 14.3. The van der Waals surface area contributed by atoms with Crippen molar-refractivity contribution in [3.05, 3.63) is 53.2 Å². The van der Waals surface area contributed by atoms with Gasteiger partial charge in [0.2, 0.25) is 0 Å². The maximum atomic E-state index is 13.0. The molecule has 0 aliphatic carbocycles. The number of carbonyl (C=O) groups is 1. The molecule has 0 saturated heterocycles. The molecule has 0 aliphatic rings. The summed E-state index contributed by atoms with van der Waals surface area (Å²) in [5.41, 5.74) is -6.48. The summed E-state index contributed by atoms with van der Waals surface area (Å²) in [7, 11) is -4.57. The molecular weight excluding hydrogens is 468 g/mol. The van der Waals surface area contributed by atoms with Crippen LogP contribution >= 0.6 is 0 Å². The molecule has 0 saturated carbocycles. The van der Waals surface area contributed by atoms with Gasteiger partial charge in [-0.05, 0) is 37.3 Å². The molecule has 1 atom stereocenters. The first-order valence-electron chi connectivity index (χ1n) is 8.38. The van der Waals surface area contributed by atoms with Gasteiger partial charge in [0.1, 0.15) is 0 Å². The van der Waals surface area contributed by atoms with Gasteiger partial charge in [-0.25, -0.2) is 13.4 Å². The van der Waals surface area contributed by atoms with E-state index in [9.17, 15) is 44.7 Å². The van der Waals surface area contributed by atoms with Gasteiger partial charge in [0.05, 0.1) is 28.5 Å². The zero-order valence-electron chi connectivity index (χ0n) is 15.9. The van der Waals surface area contributed by atoms with Crippen LogP contribution in [0.4, 0.5) is 32.0 Å². The van der Waals surface area contributed by atoms with Crippen LogP contribution in [0.2, 0.25) is 0 Å². The molecule has 1 aromatic carbocycles. The zero-order chi connectivity index (χ0) is 24.5. The molecule has 2 rings (SSSR count). The summed E-state index contributed by atoms with van der Waals surface area (Å²) in [5, 5.41) is 20.1. The van der Waals surface area contributed by atoms with Crippen LogP contribution < -0.4 is 5.32 Å². The molecular formula is C18H13F6N3O4S. The number of nitriles is 1. The molecule has 0 radical (unpaired) electrons. The number of nitrogens with zero attached hydrogens (tertiary/aromatic N) is 2. The summed E-state index contributed by atoms with van der Waals surface area (Å²) in [6.07, 6.45) is -9.43. The van der Waals surface area contributed by atoms with Crippen molar-refractivity contribution < 1.29 is 44.7 Å². The van der Waals surface area contributed by atoms with Gasteiger partial charge in [-0.1, -0.05) is 0 Å². The first kappa shape index (κ1) is 25.1. The highest BCUT2D eigenvalue weighted by atomic mass is 32.2. The second-order valence-electron chi connectivity index (χ2n) is 6.74. The first-order chi connectivity index (χ1) is 14.5. The summed E-state index contributed by atoms with van der Waals surface area (Å²) in [4.78, 5) is 15.5. The summed E-state index contributed by atoms with van der Waals surface area (Å²) < 4.78 is 102. The molecule has 32 heavy (non-hydrogen) atoms. The molecule has 172 valence electrons. The third-order valence-corrected chi connectivity index (χ3v) is 5.87. The van der Waals surface area contributed by atoms with Crippen LogP contribution in [0.15, 0.2) is 41.6 Å². The van der Waals surface area contributed by atoms with Crippen molar-refractivity contribution in [3.63, 3.8) is 0 Å². The third kappa shape index (κ3) is 5.74. The quantitative estimate of drug-likeness (QED) is 0.634. The Morgan fingerprint density at radius 3 is 2.22 bits per heavy atom. The maximum absolute atomic E-state index is 13.0. The highest BCUT2D eigenvalue weighted by Gasteiger charge is 2.39. The van der Waals surface area contributed by atoms with E-state index in [2.05, 4.69) is 4.98 Å². The van der Waals surface area contributed by atoms with Crippen molar-refractivity contribution in [2.45, 2.75) is 29.9 Å². The van der Waals surface area contributed by atoms with Crippen molar-refractivity contribution in [3.8, 4) is 6.07 Å². The fraction of sp³-hybridized carbons (Fsp3) is 0.278. The number of sulfone groups is 1. The number of amides is 1. The average Bonchev–Trinajstić information content (AvgIpc) is 2.66. The van der Waals surface area contributed by atoms with E-state index in [1.54, 1.807) is 0 Å². The van der Waals surface area contributed by atoms with E-state index in [0.29, 0.717) is 18.2 Å². The average molecular weight is 481 g/mol. The standard InChI is InChI=1S/C18H13F6N3O4S/c1-16(29,9-32(30,31)14-5-3-11(8-26-14)17(19,20)21)15(28)27-12-4-2-10(7-25)13(6-12)18(22,23)24/h2-6,8,29H,9H2,1H3,(H,27,28). The SMILES string of the molecule is CC(O)(CS(=O)(=O)c1ccc(C(F)(F)F)cn1)C(=O)Nc1ccc(C#N)c(C(F)(F)F)c1. The molecule has 14 heteroatoms. The second kappa shape index (κ2) is 8.40. The Bertz CT molecular complexity index is 1170. The molecule has 0 spiro atoms. The minimum Gasteiger partial charge on any atom is -0.379 e. The van der Waals surface area contributed by atoms with Crippen molar-refractivity contribution in [1.82, 2.24) is 4.98 Å². The number of halogens is 6. The summed E-state index contributed by atoms with van der Waals surface area (Å²) >= 11 is 0. The highest BCUT2D eigenvalue weighted by molar-refractivity contribution is 7.91. The van der Waals surface area contributed by atoms with Crippen LogP contribution in [0.1, 0.15) is 23.6 Å². The number of rotatable bonds is 5. The minimum absolute atomic E-state index is 0.261. The number of hydrogen-bond donors (Lipinski definition) is 2. The lowest BCUT2D eigenvalue weighted by atomic mass is 10.1. The Balaban J connectivity index is 2.25. The van der Waals surface area contributed by atoms with Crippen LogP contribution in [0.3, 0.4) is 0 Å². The molecule has 0 fully saturated rings. The van der Waals surface area contributed by atoms with Gasteiger partial charge in [-0.15, -0.1) is 0 Å². The lowest BCUT2D eigenvalue weighted by Crippen LogP contribution is -2.46. The van der Waals surface area contributed by atoms with Gasteiger partial charge in [-0.3, -0.25) is 4.79 Å². The van der Waals surface area contributed by atoms with Crippen molar-refractivity contribution in [1.29, 1.82) is 5.26 Å². The van der Waals surface area contributed by atoms with Gasteiger partial charge >= 0.3 is 12.4 Å². The molecule has 1 amide bonds. The van der Waals surface area contributed by atoms with Crippen molar-refractivity contribution in [2.75, 3.05) is 11.1 Å². The van der Waals surface area contributed by atoms with Crippen LogP contribution in [-0.2, 0) is 27.0 Å². The number of alkyl halides is 6. The van der Waals surface area contributed by atoms with E-state index in [-0.39, 0.29) is 6.20 Å². The molecule has 1 aromatic heterocycles. The van der Waals surface area contributed by atoms with Gasteiger partial charge in [-0.2, -0.15) is 31.6 Å². The van der Waals surface area contributed by atoms with Crippen LogP contribution in [-0.4, -0.2) is 35.8 Å². The Morgan fingerprint density at radius 1 is 1.12 bits per heavy atom. The van der Waals surface area contributed by atoms with Gasteiger partial charge in [0.15, 0.2) is 20.5 Å². The Hall–Kier alpha value is -3.18. The highest BCUT2D eigenvalue weighted by Crippen LogP contribution is 2.34. The van der Waals surface area contributed by atoms with E-state index in [1.165, 1.54) is 6.07 Å². The smallest absolute Gasteiger partial charge is 0.379 e. The Labute approximate surface area is 177 Å². The molecule has 2 N–H and O–H groups in total. The third-order valence-electron chi connectivity index (χ3n) is 4.05. The molecule has 1 unspecified atom stereocenters. The van der Waals surface area contributed by atoms with Crippen LogP contribution in [0, 0.1) is 11.3 Å². The van der Waals surface area contributed by atoms with E-state index in [4.69, 9.17) is 5.26 Å². The molecule has 0 aliphatic heterocycles. The monoisotopic (exact) mass is 481 g/mol. The number of nitrogens with one attached hydrogen (secondary N) is 1. The lowest BCUT2D eigenvalue weighted by molar-refractivity contribution is -0.138. The summed E-state index contributed by atoms with van der Waals surface area (Å²) in [5.74, 6) is -2.74. The predicted octanol–water partition coefficient (Wildman–Crippen LogP) is 3.15. The number of aromatic nitrogens is 1. The van der Waals surface area contributed by atoms with Crippen molar-refractivity contribution in [2.24, 2.45) is 0 Å². The lowest BCUT2D eigenvalue weighted by Gasteiger charge is -2.22. The molecule has 2 aromatic rings. The number of pyridine rings is 1. The largest absolute Gasteiger partial charge is 0.417 e. The second-order valence-corrected chi connectivity index (χ2v) is 8.68. The van der Waals surface area contributed by atoms with E-state index >= 15 is 0 Å². The fourth-order valence-electron chi connectivity index (χ4n) is 2.46. The number of carbonyl (C=O) groups excluding carboxylic acids is 1. The molecule has 1 heterocycles. The Kier molecular flexibility index (Phi) is 6.58. The summed E-state index contributed by atoms with van der Waals surface area (Å²) in [6, 6.07) is 4.47. The fourth-order valence-corrected chi connectivity index (χ4v) is 3.97.